The number of hydrogen-bond acceptors (Lipinski definition) is 7. The molecule has 4 aromatic rings. The predicted octanol–water partition coefficient (Wildman–Crippen LogP) is 4.58. The Morgan fingerprint density at radius 3 is 2.49 bits per heavy atom. The van der Waals surface area contributed by atoms with Crippen molar-refractivity contribution < 1.29 is 14.3 Å². The van der Waals surface area contributed by atoms with E-state index in [1.165, 1.54) is 11.8 Å². The van der Waals surface area contributed by atoms with Gasteiger partial charge in [0.05, 0.1) is 25.7 Å². The van der Waals surface area contributed by atoms with Crippen LogP contribution in [0.2, 0.25) is 0 Å². The van der Waals surface area contributed by atoms with Gasteiger partial charge in [0.25, 0.3) is 5.91 Å². The van der Waals surface area contributed by atoms with Crippen molar-refractivity contribution in [1.29, 1.82) is 0 Å². The number of aromatic nitrogens is 3. The van der Waals surface area contributed by atoms with Crippen LogP contribution < -0.4 is 14.9 Å². The van der Waals surface area contributed by atoms with Gasteiger partial charge < -0.3 is 9.47 Å². The van der Waals surface area contributed by atoms with Crippen molar-refractivity contribution in [3.05, 3.63) is 84.4 Å². The number of carbonyl (C=O) groups is 1. The van der Waals surface area contributed by atoms with Gasteiger partial charge in [-0.15, -0.1) is 10.2 Å². The summed E-state index contributed by atoms with van der Waals surface area (Å²) in [5.41, 5.74) is 5.19. The van der Waals surface area contributed by atoms with E-state index in [0.29, 0.717) is 29.1 Å². The van der Waals surface area contributed by atoms with E-state index in [0.717, 1.165) is 16.8 Å². The molecule has 0 fully saturated rings. The lowest BCUT2D eigenvalue weighted by Crippen LogP contribution is -2.20. The van der Waals surface area contributed by atoms with Crippen molar-refractivity contribution >= 4 is 23.9 Å². The normalized spacial score (nSPS) is 10.9. The maximum Gasteiger partial charge on any atom is 0.250 e. The van der Waals surface area contributed by atoms with Crippen molar-refractivity contribution in [3.63, 3.8) is 0 Å². The number of hydrogen-bond donors (Lipinski definition) is 1. The topological polar surface area (TPSA) is 90.6 Å². The smallest absolute Gasteiger partial charge is 0.250 e. The molecule has 0 unspecified atom stereocenters. The minimum Gasteiger partial charge on any atom is -0.493 e. The molecular formula is C26H25N5O3S. The number of carbonyl (C=O) groups excluding carboxylic acids is 1. The van der Waals surface area contributed by atoms with Crippen LogP contribution in [0.4, 0.5) is 0 Å². The standard InChI is InChI=1S/C26H25N5O3S/c1-3-34-23-16-19(14-15-22(23)33-2)17-27-28-24(32)18-35-26-30-29-25(20-10-6-4-7-11-20)31(26)21-12-8-5-9-13-21/h4-17H,3,18H2,1-2H3,(H,28,32)/b27-17+. The summed E-state index contributed by atoms with van der Waals surface area (Å²) in [6.45, 7) is 2.42. The van der Waals surface area contributed by atoms with Gasteiger partial charge in [0.2, 0.25) is 0 Å². The van der Waals surface area contributed by atoms with E-state index < -0.39 is 0 Å². The Bertz CT molecular complexity index is 1290. The molecule has 1 N–H and O–H groups in total. The summed E-state index contributed by atoms with van der Waals surface area (Å²) in [6.07, 6.45) is 1.56. The van der Waals surface area contributed by atoms with Gasteiger partial charge in [-0.25, -0.2) is 5.43 Å². The number of nitrogens with zero attached hydrogens (tertiary/aromatic N) is 4. The average molecular weight is 488 g/mol. The Hall–Kier alpha value is -4.11. The maximum absolute atomic E-state index is 12.5. The Labute approximate surface area is 208 Å². The second-order valence-corrected chi connectivity index (χ2v) is 8.21. The van der Waals surface area contributed by atoms with Gasteiger partial charge >= 0.3 is 0 Å². The lowest BCUT2D eigenvalue weighted by Gasteiger charge is -2.10. The van der Waals surface area contributed by atoms with Crippen LogP contribution >= 0.6 is 11.8 Å². The highest BCUT2D eigenvalue weighted by molar-refractivity contribution is 7.99. The molecule has 4 rings (SSSR count). The van der Waals surface area contributed by atoms with Crippen LogP contribution in [0.15, 0.2) is 89.1 Å². The highest BCUT2D eigenvalue weighted by Crippen LogP contribution is 2.28. The fourth-order valence-electron chi connectivity index (χ4n) is 3.33. The van der Waals surface area contributed by atoms with Crippen LogP contribution in [0, 0.1) is 0 Å². The molecule has 0 spiro atoms. The number of ether oxygens (including phenoxy) is 2. The summed E-state index contributed by atoms with van der Waals surface area (Å²) >= 11 is 1.29. The van der Waals surface area contributed by atoms with Crippen molar-refractivity contribution in [2.24, 2.45) is 5.10 Å². The largest absolute Gasteiger partial charge is 0.493 e. The van der Waals surface area contributed by atoms with Gasteiger partial charge in [-0.1, -0.05) is 60.3 Å². The lowest BCUT2D eigenvalue weighted by molar-refractivity contribution is -0.118. The molecule has 0 saturated heterocycles. The molecule has 9 heteroatoms. The summed E-state index contributed by atoms with van der Waals surface area (Å²) < 4.78 is 12.8. The fraction of sp³-hybridized carbons (Fsp3) is 0.154. The van der Waals surface area contributed by atoms with Crippen LogP contribution in [-0.2, 0) is 4.79 Å². The number of methoxy groups -OCH3 is 1. The Balaban J connectivity index is 1.44. The molecule has 0 aliphatic carbocycles. The van der Waals surface area contributed by atoms with Crippen LogP contribution in [0.3, 0.4) is 0 Å². The highest BCUT2D eigenvalue weighted by Gasteiger charge is 2.17. The quantitative estimate of drug-likeness (QED) is 0.200. The van der Waals surface area contributed by atoms with Gasteiger partial charge in [-0.05, 0) is 42.8 Å². The maximum atomic E-state index is 12.5. The molecule has 1 heterocycles. The monoisotopic (exact) mass is 487 g/mol. The number of rotatable bonds is 10. The van der Waals surface area contributed by atoms with E-state index in [-0.39, 0.29) is 11.7 Å². The van der Waals surface area contributed by atoms with Crippen LogP contribution in [0.5, 0.6) is 11.5 Å². The van der Waals surface area contributed by atoms with Gasteiger partial charge in [0, 0.05) is 11.3 Å². The molecule has 8 nitrogen and oxygen atoms in total. The third kappa shape index (κ3) is 6.07. The number of para-hydroxylation sites is 1. The summed E-state index contributed by atoms with van der Waals surface area (Å²) in [6, 6.07) is 25.1. The predicted molar refractivity (Wildman–Crippen MR) is 137 cm³/mol. The molecule has 178 valence electrons. The zero-order chi connectivity index (χ0) is 24.5. The SMILES string of the molecule is CCOc1cc(/C=N/NC(=O)CSc2nnc(-c3ccccc3)n2-c2ccccc2)ccc1OC. The molecule has 35 heavy (non-hydrogen) atoms. The number of thioether (sulfide) groups is 1. The van der Waals surface area contributed by atoms with E-state index in [9.17, 15) is 4.79 Å². The number of benzene rings is 3. The van der Waals surface area contributed by atoms with E-state index in [4.69, 9.17) is 9.47 Å². The number of hydrazone groups is 1. The summed E-state index contributed by atoms with van der Waals surface area (Å²) in [7, 11) is 1.59. The van der Waals surface area contributed by atoms with E-state index in [1.807, 2.05) is 78.2 Å². The van der Waals surface area contributed by atoms with Gasteiger partial charge in [-0.2, -0.15) is 5.10 Å². The number of amides is 1. The minimum atomic E-state index is -0.256. The van der Waals surface area contributed by atoms with E-state index in [1.54, 1.807) is 25.5 Å². The van der Waals surface area contributed by atoms with Crippen molar-refractivity contribution in [1.82, 2.24) is 20.2 Å². The van der Waals surface area contributed by atoms with Crippen LogP contribution in [-0.4, -0.2) is 46.4 Å². The third-order valence-corrected chi connectivity index (χ3v) is 5.83. The van der Waals surface area contributed by atoms with Gasteiger partial charge in [-0.3, -0.25) is 9.36 Å². The molecule has 0 radical (unpaired) electrons. The summed E-state index contributed by atoms with van der Waals surface area (Å²) in [4.78, 5) is 12.5. The Morgan fingerprint density at radius 2 is 1.77 bits per heavy atom. The van der Waals surface area contributed by atoms with Crippen molar-refractivity contribution in [2.75, 3.05) is 19.5 Å². The first-order valence-electron chi connectivity index (χ1n) is 11.0. The summed E-state index contributed by atoms with van der Waals surface area (Å²) in [5, 5.41) is 13.4. The molecule has 0 aliphatic heterocycles. The lowest BCUT2D eigenvalue weighted by atomic mass is 10.2. The average Bonchev–Trinajstić information content (AvgIpc) is 3.33. The van der Waals surface area contributed by atoms with Gasteiger partial charge in [0.15, 0.2) is 22.5 Å². The van der Waals surface area contributed by atoms with E-state index in [2.05, 4.69) is 20.7 Å². The van der Waals surface area contributed by atoms with Crippen molar-refractivity contribution in [2.45, 2.75) is 12.1 Å². The van der Waals surface area contributed by atoms with Crippen molar-refractivity contribution in [3.8, 4) is 28.6 Å². The first-order chi connectivity index (χ1) is 17.2. The Kier molecular flexibility index (Phi) is 8.13. The first kappa shape index (κ1) is 24.0. The molecule has 0 atom stereocenters. The molecule has 0 saturated carbocycles. The zero-order valence-electron chi connectivity index (χ0n) is 19.4. The molecule has 1 amide bonds. The minimum absolute atomic E-state index is 0.129. The second-order valence-electron chi connectivity index (χ2n) is 7.27. The molecule has 0 bridgehead atoms. The fourth-order valence-corrected chi connectivity index (χ4v) is 4.07. The van der Waals surface area contributed by atoms with Crippen LogP contribution in [0.1, 0.15) is 12.5 Å². The second kappa shape index (κ2) is 11.8. The Morgan fingerprint density at radius 1 is 1.03 bits per heavy atom. The summed E-state index contributed by atoms with van der Waals surface area (Å²) in [5.74, 6) is 1.84. The highest BCUT2D eigenvalue weighted by atomic mass is 32.2. The van der Waals surface area contributed by atoms with Gasteiger partial charge in [0.1, 0.15) is 0 Å². The van der Waals surface area contributed by atoms with E-state index >= 15 is 0 Å². The van der Waals surface area contributed by atoms with Crippen LogP contribution in [0.25, 0.3) is 17.1 Å². The third-order valence-electron chi connectivity index (χ3n) is 4.90. The zero-order valence-corrected chi connectivity index (χ0v) is 20.2. The molecule has 0 aliphatic rings. The number of nitrogens with one attached hydrogen (secondary N) is 1. The molecule has 1 aromatic heterocycles. The first-order valence-corrected chi connectivity index (χ1v) is 12.0. The molecular weight excluding hydrogens is 462 g/mol. The molecule has 3 aromatic carbocycles.